The zero-order valence-electron chi connectivity index (χ0n) is 16.9. The van der Waals surface area contributed by atoms with E-state index in [4.69, 9.17) is 15.2 Å². The molecular weight excluding hydrogens is 362 g/mol. The van der Waals surface area contributed by atoms with Crippen LogP contribution in [-0.4, -0.2) is 49.7 Å². The van der Waals surface area contributed by atoms with Crippen molar-refractivity contribution in [1.82, 2.24) is 0 Å². The molecular formula is C20H33N3O5. The number of nitrogens with two attached hydrogens (primary N) is 1. The maximum absolute atomic E-state index is 10.6. The van der Waals surface area contributed by atoms with E-state index in [0.717, 1.165) is 31.6 Å². The number of aliphatic hydroxyl groups excluding tert-OH is 1. The number of piperidine rings is 1. The predicted molar refractivity (Wildman–Crippen MR) is 109 cm³/mol. The Balaban J connectivity index is 0.000000221. The average Bonchev–Trinajstić information content (AvgIpc) is 2.70. The van der Waals surface area contributed by atoms with Gasteiger partial charge in [0.15, 0.2) is 6.29 Å². The first-order chi connectivity index (χ1) is 13.5. The molecule has 3 rings (SSSR count). The van der Waals surface area contributed by atoms with E-state index in [1.807, 2.05) is 0 Å². The van der Waals surface area contributed by atoms with Crippen molar-refractivity contribution in [2.75, 3.05) is 37.9 Å². The summed E-state index contributed by atoms with van der Waals surface area (Å²) < 4.78 is 10.4. The summed E-state index contributed by atoms with van der Waals surface area (Å²) in [5.41, 5.74) is 6.63. The van der Waals surface area contributed by atoms with Crippen LogP contribution in [-0.2, 0) is 9.47 Å². The van der Waals surface area contributed by atoms with E-state index in [2.05, 4.69) is 4.90 Å². The quantitative estimate of drug-likeness (QED) is 0.340. The van der Waals surface area contributed by atoms with Gasteiger partial charge in [-0.25, -0.2) is 0 Å². The van der Waals surface area contributed by atoms with Crippen LogP contribution in [0.4, 0.5) is 17.1 Å². The molecule has 0 spiro atoms. The third-order valence-corrected chi connectivity index (χ3v) is 5.54. The van der Waals surface area contributed by atoms with Gasteiger partial charge in [0.05, 0.1) is 11.0 Å². The fourth-order valence-corrected chi connectivity index (χ4v) is 3.92. The molecule has 3 N–H and O–H groups in total. The molecule has 0 radical (unpaired) electrons. The number of nitrogen functional groups attached to an aromatic ring is 1. The highest BCUT2D eigenvalue weighted by molar-refractivity contribution is 5.66. The van der Waals surface area contributed by atoms with Crippen LogP contribution >= 0.6 is 0 Å². The second-order valence-corrected chi connectivity index (χ2v) is 7.46. The number of anilines is 2. The summed E-state index contributed by atoms with van der Waals surface area (Å²) in [5.74, 6) is 0.638. The first-order valence-electron chi connectivity index (χ1n) is 9.98. The summed E-state index contributed by atoms with van der Waals surface area (Å²) in [6.45, 7) is 1.50. The second-order valence-electron chi connectivity index (χ2n) is 7.46. The normalized spacial score (nSPS) is 18.6. The topological polar surface area (TPSA) is 111 Å². The largest absolute Gasteiger partial charge is 0.393 e. The molecule has 8 nitrogen and oxygen atoms in total. The summed E-state index contributed by atoms with van der Waals surface area (Å²) in [7, 11) is 3.45. The third kappa shape index (κ3) is 6.32. The van der Waals surface area contributed by atoms with Gasteiger partial charge in [0, 0.05) is 45.0 Å². The van der Waals surface area contributed by atoms with Gasteiger partial charge in [0.2, 0.25) is 0 Å². The van der Waals surface area contributed by atoms with E-state index in [0.29, 0.717) is 5.92 Å². The van der Waals surface area contributed by atoms with Crippen molar-refractivity contribution in [1.29, 1.82) is 0 Å². The molecule has 2 fully saturated rings. The average molecular weight is 396 g/mol. The maximum Gasteiger partial charge on any atom is 0.292 e. The van der Waals surface area contributed by atoms with Crippen LogP contribution in [0.5, 0.6) is 0 Å². The van der Waals surface area contributed by atoms with Gasteiger partial charge in [-0.3, -0.25) is 10.1 Å². The highest BCUT2D eigenvalue weighted by atomic mass is 16.7. The Hall–Kier alpha value is -1.90. The van der Waals surface area contributed by atoms with E-state index in [1.54, 1.807) is 26.4 Å². The molecule has 1 saturated carbocycles. The van der Waals surface area contributed by atoms with E-state index in [1.165, 1.54) is 38.2 Å². The first kappa shape index (κ1) is 22.4. The number of nitro benzene ring substituents is 1. The summed E-state index contributed by atoms with van der Waals surface area (Å²) in [6.07, 6.45) is 7.85. The van der Waals surface area contributed by atoms with Crippen molar-refractivity contribution in [3.8, 4) is 0 Å². The molecule has 1 aromatic carbocycles. The maximum atomic E-state index is 10.6. The number of nitro groups is 1. The van der Waals surface area contributed by atoms with E-state index < -0.39 is 4.92 Å². The Labute approximate surface area is 166 Å². The summed E-state index contributed by atoms with van der Waals surface area (Å²) >= 11 is 0. The molecule has 1 saturated heterocycles. The van der Waals surface area contributed by atoms with Crippen LogP contribution in [0.2, 0.25) is 0 Å². The van der Waals surface area contributed by atoms with Crippen molar-refractivity contribution >= 4 is 17.1 Å². The monoisotopic (exact) mass is 395 g/mol. The lowest BCUT2D eigenvalue weighted by Gasteiger charge is -2.31. The van der Waals surface area contributed by atoms with Crippen molar-refractivity contribution in [2.24, 2.45) is 5.92 Å². The number of benzene rings is 1. The minimum Gasteiger partial charge on any atom is -0.393 e. The number of hydrogen-bond donors (Lipinski definition) is 2. The number of aliphatic hydroxyl groups is 1. The second kappa shape index (κ2) is 11.2. The minimum absolute atomic E-state index is 0.0373. The van der Waals surface area contributed by atoms with Crippen LogP contribution in [0.3, 0.4) is 0 Å². The van der Waals surface area contributed by atoms with Gasteiger partial charge >= 0.3 is 0 Å². The lowest BCUT2D eigenvalue weighted by Crippen LogP contribution is -2.35. The van der Waals surface area contributed by atoms with Crippen LogP contribution in [0.1, 0.15) is 44.9 Å². The highest BCUT2D eigenvalue weighted by Crippen LogP contribution is 2.29. The molecule has 2 aliphatic rings. The molecule has 0 unspecified atom stereocenters. The van der Waals surface area contributed by atoms with E-state index in [9.17, 15) is 15.2 Å². The Morgan fingerprint density at radius 1 is 1.14 bits per heavy atom. The van der Waals surface area contributed by atoms with Gasteiger partial charge in [-0.15, -0.1) is 0 Å². The zero-order valence-corrected chi connectivity index (χ0v) is 16.9. The van der Waals surface area contributed by atoms with Crippen molar-refractivity contribution in [3.05, 3.63) is 28.3 Å². The lowest BCUT2D eigenvalue weighted by atomic mass is 9.89. The molecule has 1 aliphatic carbocycles. The van der Waals surface area contributed by atoms with E-state index in [-0.39, 0.29) is 23.8 Å². The summed E-state index contributed by atoms with van der Waals surface area (Å²) in [4.78, 5) is 12.2. The first-order valence-corrected chi connectivity index (χ1v) is 9.98. The van der Waals surface area contributed by atoms with Crippen LogP contribution in [0, 0.1) is 16.0 Å². The van der Waals surface area contributed by atoms with Gasteiger partial charge in [-0.05, 0) is 37.8 Å². The molecule has 158 valence electrons. The zero-order chi connectivity index (χ0) is 20.5. The molecule has 0 atom stereocenters. The van der Waals surface area contributed by atoms with Crippen LogP contribution in [0.25, 0.3) is 0 Å². The number of ether oxygens (including phenoxy) is 2. The smallest absolute Gasteiger partial charge is 0.292 e. The third-order valence-electron chi connectivity index (χ3n) is 5.54. The molecule has 1 aromatic rings. The molecule has 1 heterocycles. The predicted octanol–water partition coefficient (Wildman–Crippen LogP) is 3.32. The van der Waals surface area contributed by atoms with Gasteiger partial charge in [0.25, 0.3) is 5.69 Å². The Morgan fingerprint density at radius 2 is 1.75 bits per heavy atom. The number of nitrogens with zero attached hydrogens (tertiary/aromatic N) is 2. The van der Waals surface area contributed by atoms with Crippen LogP contribution < -0.4 is 10.6 Å². The van der Waals surface area contributed by atoms with Gasteiger partial charge in [0.1, 0.15) is 5.69 Å². The van der Waals surface area contributed by atoms with Gasteiger partial charge in [-0.1, -0.05) is 19.3 Å². The van der Waals surface area contributed by atoms with Crippen LogP contribution in [0.15, 0.2) is 18.2 Å². The van der Waals surface area contributed by atoms with Gasteiger partial charge < -0.3 is 25.2 Å². The fraction of sp³-hybridized carbons (Fsp3) is 0.700. The number of methoxy groups -OCH3 is 2. The Morgan fingerprint density at radius 3 is 2.25 bits per heavy atom. The van der Waals surface area contributed by atoms with Crippen molar-refractivity contribution in [3.63, 3.8) is 0 Å². The lowest BCUT2D eigenvalue weighted by molar-refractivity contribution is -0.383. The molecule has 8 heteroatoms. The highest BCUT2D eigenvalue weighted by Gasteiger charge is 2.22. The minimum atomic E-state index is -0.487. The van der Waals surface area contributed by atoms with Gasteiger partial charge in [-0.2, -0.15) is 0 Å². The number of hydrogen-bond acceptors (Lipinski definition) is 7. The Kier molecular flexibility index (Phi) is 8.95. The van der Waals surface area contributed by atoms with Crippen molar-refractivity contribution in [2.45, 2.75) is 57.3 Å². The van der Waals surface area contributed by atoms with E-state index >= 15 is 0 Å². The standard InChI is InChI=1S/C11H15N3O3.C9H18O2/c12-10-7-8(1-2-11(10)14(16)17)13-5-3-9(15)4-6-13;1-10-9(11-2)8-6-4-3-5-7-8/h1-2,7,9,15H,3-6,12H2;8-9H,3-7H2,1-2H3. The summed E-state index contributed by atoms with van der Waals surface area (Å²) in [5, 5.41) is 20.0. The van der Waals surface area contributed by atoms with Crippen molar-refractivity contribution < 1.29 is 19.5 Å². The number of rotatable bonds is 5. The fourth-order valence-electron chi connectivity index (χ4n) is 3.92. The molecule has 28 heavy (non-hydrogen) atoms. The molecule has 1 aliphatic heterocycles. The molecule has 0 amide bonds. The Bertz CT molecular complexity index is 610. The summed E-state index contributed by atoms with van der Waals surface area (Å²) in [6, 6.07) is 4.75. The molecule has 0 aromatic heterocycles. The molecule has 0 bridgehead atoms. The SMILES string of the molecule is COC(OC)C1CCCCC1.Nc1cc(N2CCC(O)CC2)ccc1[N+](=O)[O-].